The van der Waals surface area contributed by atoms with Crippen molar-refractivity contribution in [2.45, 2.75) is 25.9 Å². The molecule has 4 N–H and O–H groups in total. The molecule has 0 unspecified atom stereocenters. The molecule has 4 heteroatoms. The van der Waals surface area contributed by atoms with Crippen molar-refractivity contribution in [3.8, 4) is 0 Å². The zero-order chi connectivity index (χ0) is 5.65. The molecule has 1 saturated carbocycles. The first-order valence-electron chi connectivity index (χ1n) is 2.58. The van der Waals surface area contributed by atoms with Crippen molar-refractivity contribution >= 4 is 24.8 Å². The molecule has 1 aliphatic rings. The van der Waals surface area contributed by atoms with E-state index in [-0.39, 0.29) is 42.3 Å². The molecule has 9 heavy (non-hydrogen) atoms. The Morgan fingerprint density at radius 1 is 1.00 bits per heavy atom. The Kier molecular flexibility index (Phi) is 4.15. The van der Waals surface area contributed by atoms with Crippen molar-refractivity contribution in [2.75, 3.05) is 0 Å². The minimum absolute atomic E-state index is 0. The lowest BCUT2D eigenvalue weighted by Crippen LogP contribution is -2.12. The molecule has 1 fully saturated rings. The van der Waals surface area contributed by atoms with Gasteiger partial charge in [0.15, 0.2) is 0 Å². The van der Waals surface area contributed by atoms with Gasteiger partial charge in [-0.15, -0.1) is 24.8 Å². The van der Waals surface area contributed by atoms with Gasteiger partial charge in [-0.1, -0.05) is 13.8 Å². The molecule has 0 bridgehead atoms. The summed E-state index contributed by atoms with van der Waals surface area (Å²) in [6.07, 6.45) is 0. The molecule has 0 radical (unpaired) electrons. The minimum atomic E-state index is 0. The lowest BCUT2D eigenvalue weighted by Gasteiger charge is -1.93. The van der Waals surface area contributed by atoms with E-state index in [0.717, 1.165) is 0 Å². The fourth-order valence-electron chi connectivity index (χ4n) is 0.718. The van der Waals surface area contributed by atoms with Gasteiger partial charge in [-0.05, 0) is 5.41 Å². The Morgan fingerprint density at radius 3 is 1.11 bits per heavy atom. The van der Waals surface area contributed by atoms with E-state index >= 15 is 0 Å². The number of nitrogens with two attached hydrogens (primary N) is 2. The second kappa shape index (κ2) is 3.06. The third kappa shape index (κ3) is 1.71. The van der Waals surface area contributed by atoms with Crippen LogP contribution in [0.4, 0.5) is 0 Å². The van der Waals surface area contributed by atoms with Gasteiger partial charge in [0.25, 0.3) is 0 Å². The van der Waals surface area contributed by atoms with E-state index in [1.54, 1.807) is 0 Å². The average molecular weight is 173 g/mol. The molecule has 0 amide bonds. The molecule has 58 valence electrons. The molecule has 2 atom stereocenters. The Balaban J connectivity index is 0. The van der Waals surface area contributed by atoms with Gasteiger partial charge in [-0.3, -0.25) is 0 Å². The molecule has 0 spiro atoms. The van der Waals surface area contributed by atoms with Crippen LogP contribution in [0.3, 0.4) is 0 Å². The highest BCUT2D eigenvalue weighted by Gasteiger charge is 2.52. The van der Waals surface area contributed by atoms with Gasteiger partial charge in [-0.2, -0.15) is 0 Å². The molecule has 0 saturated heterocycles. The average Bonchev–Trinajstić information content (AvgIpc) is 1.91. The van der Waals surface area contributed by atoms with E-state index in [4.69, 9.17) is 11.5 Å². The molecule has 2 nitrogen and oxygen atoms in total. The van der Waals surface area contributed by atoms with Crippen molar-refractivity contribution in [1.29, 1.82) is 0 Å². The highest BCUT2D eigenvalue weighted by atomic mass is 35.5. The first kappa shape index (κ1) is 12.2. The van der Waals surface area contributed by atoms with Crippen LogP contribution in [0.25, 0.3) is 0 Å². The SMILES string of the molecule is CC1(C)[C@H](N)[C@H]1N.Cl.Cl. The van der Waals surface area contributed by atoms with Gasteiger partial charge in [0.05, 0.1) is 0 Å². The van der Waals surface area contributed by atoms with Crippen LogP contribution in [0.2, 0.25) is 0 Å². The van der Waals surface area contributed by atoms with Crippen LogP contribution < -0.4 is 11.5 Å². The normalized spacial score (nSPS) is 36.0. The number of hydrogen-bond acceptors (Lipinski definition) is 2. The quantitative estimate of drug-likeness (QED) is 0.561. The lowest BCUT2D eigenvalue weighted by atomic mass is 10.2. The molecule has 0 aromatic carbocycles. The summed E-state index contributed by atoms with van der Waals surface area (Å²) in [6, 6.07) is 0.486. The van der Waals surface area contributed by atoms with Crippen LogP contribution in [0.1, 0.15) is 13.8 Å². The van der Waals surface area contributed by atoms with E-state index in [0.29, 0.717) is 0 Å². The van der Waals surface area contributed by atoms with Gasteiger partial charge in [0.1, 0.15) is 0 Å². The molecular weight excluding hydrogens is 159 g/mol. The van der Waals surface area contributed by atoms with Gasteiger partial charge >= 0.3 is 0 Å². The Morgan fingerprint density at radius 2 is 1.11 bits per heavy atom. The summed E-state index contributed by atoms with van der Waals surface area (Å²) in [6.45, 7) is 4.17. The number of halogens is 2. The third-order valence-corrected chi connectivity index (χ3v) is 2.00. The molecule has 0 heterocycles. The van der Waals surface area contributed by atoms with Crippen LogP contribution in [0.15, 0.2) is 0 Å². The Bertz CT molecular complexity index is 85.0. The maximum absolute atomic E-state index is 5.52. The Hall–Kier alpha value is 0.500. The summed E-state index contributed by atoms with van der Waals surface area (Å²) in [5, 5.41) is 0. The van der Waals surface area contributed by atoms with Crippen molar-refractivity contribution < 1.29 is 0 Å². The number of hydrogen-bond donors (Lipinski definition) is 2. The fraction of sp³-hybridized carbons (Fsp3) is 1.00. The summed E-state index contributed by atoms with van der Waals surface area (Å²) in [5.41, 5.74) is 11.3. The summed E-state index contributed by atoms with van der Waals surface area (Å²) in [7, 11) is 0. The van der Waals surface area contributed by atoms with Crippen molar-refractivity contribution in [3.63, 3.8) is 0 Å². The fourth-order valence-corrected chi connectivity index (χ4v) is 0.718. The van der Waals surface area contributed by atoms with Crippen molar-refractivity contribution in [3.05, 3.63) is 0 Å². The van der Waals surface area contributed by atoms with Gasteiger partial charge in [0, 0.05) is 12.1 Å². The van der Waals surface area contributed by atoms with E-state index in [1.807, 2.05) is 0 Å². The summed E-state index contributed by atoms with van der Waals surface area (Å²) < 4.78 is 0. The molecule has 0 aromatic rings. The largest absolute Gasteiger partial charge is 0.326 e. The summed E-state index contributed by atoms with van der Waals surface area (Å²) in [5.74, 6) is 0. The third-order valence-electron chi connectivity index (χ3n) is 2.00. The molecule has 0 aromatic heterocycles. The zero-order valence-electron chi connectivity index (χ0n) is 5.63. The molecular formula is C5H14Cl2N2. The minimum Gasteiger partial charge on any atom is -0.326 e. The van der Waals surface area contributed by atoms with Crippen molar-refractivity contribution in [1.82, 2.24) is 0 Å². The topological polar surface area (TPSA) is 52.0 Å². The van der Waals surface area contributed by atoms with Gasteiger partial charge < -0.3 is 11.5 Å². The predicted octanol–water partition coefficient (Wildman–Crippen LogP) is 0.524. The second-order valence-electron chi connectivity index (χ2n) is 2.87. The van der Waals surface area contributed by atoms with E-state index < -0.39 is 0 Å². The monoisotopic (exact) mass is 172 g/mol. The maximum Gasteiger partial charge on any atom is 0.0265 e. The standard InChI is InChI=1S/C5H12N2.2ClH/c1-5(2)3(6)4(5)7;;/h3-4H,6-7H2,1-2H3;2*1H/t3-,4-;;/m1../s1. The second-order valence-corrected chi connectivity index (χ2v) is 2.87. The van der Waals surface area contributed by atoms with Gasteiger partial charge in [0.2, 0.25) is 0 Å². The lowest BCUT2D eigenvalue weighted by molar-refractivity contribution is 0.597. The smallest absolute Gasteiger partial charge is 0.0265 e. The number of rotatable bonds is 0. The highest BCUT2D eigenvalue weighted by Crippen LogP contribution is 2.41. The maximum atomic E-state index is 5.52. The van der Waals surface area contributed by atoms with Crippen molar-refractivity contribution in [2.24, 2.45) is 16.9 Å². The van der Waals surface area contributed by atoms with Crippen LogP contribution in [-0.2, 0) is 0 Å². The van der Waals surface area contributed by atoms with Crippen LogP contribution >= 0.6 is 24.8 Å². The van der Waals surface area contributed by atoms with E-state index in [9.17, 15) is 0 Å². The first-order chi connectivity index (χ1) is 3.07. The Labute approximate surface area is 68.2 Å². The van der Waals surface area contributed by atoms with Crippen LogP contribution in [-0.4, -0.2) is 12.1 Å². The summed E-state index contributed by atoms with van der Waals surface area (Å²) >= 11 is 0. The van der Waals surface area contributed by atoms with Crippen LogP contribution in [0.5, 0.6) is 0 Å². The summed E-state index contributed by atoms with van der Waals surface area (Å²) in [4.78, 5) is 0. The molecule has 1 rings (SSSR count). The molecule has 0 aliphatic heterocycles. The van der Waals surface area contributed by atoms with E-state index in [1.165, 1.54) is 0 Å². The van der Waals surface area contributed by atoms with E-state index in [2.05, 4.69) is 13.8 Å². The first-order valence-corrected chi connectivity index (χ1v) is 2.58. The van der Waals surface area contributed by atoms with Gasteiger partial charge in [-0.25, -0.2) is 0 Å². The zero-order valence-corrected chi connectivity index (χ0v) is 7.26. The predicted molar refractivity (Wildman–Crippen MR) is 44.2 cm³/mol. The highest BCUT2D eigenvalue weighted by molar-refractivity contribution is 5.85. The van der Waals surface area contributed by atoms with Crippen LogP contribution in [0, 0.1) is 5.41 Å². The molecule has 1 aliphatic carbocycles.